The molecule has 21 heavy (non-hydrogen) atoms. The number of hydrogen-bond acceptors (Lipinski definition) is 4. The predicted molar refractivity (Wildman–Crippen MR) is 81.5 cm³/mol. The first kappa shape index (κ1) is 15.5. The molecule has 0 spiro atoms. The van der Waals surface area contributed by atoms with Gasteiger partial charge in [0.25, 0.3) is 0 Å². The number of nitrogens with zero attached hydrogens (tertiary/aromatic N) is 2. The molecule has 0 amide bonds. The molecule has 1 aliphatic heterocycles. The minimum atomic E-state index is -1.02. The number of hydrogen-bond donors (Lipinski definition) is 1. The number of likely N-dealkylation sites (N-methyl/N-ethyl adjacent to an activating group) is 1. The fraction of sp³-hybridized carbons (Fsp3) is 0.500. The molecule has 114 valence electrons. The minimum absolute atomic E-state index is 0.343. The van der Waals surface area contributed by atoms with Crippen molar-refractivity contribution in [1.82, 2.24) is 5.01 Å². The standard InChI is InChI=1S/C16H22N2O3/c1-4-18-12-16(21-3,11-17-18)10-15(2,14(19)20)13-8-6-5-7-9-13/h5-9,11H,4,10,12H2,1-3H3,(H,19,20). The van der Waals surface area contributed by atoms with Crippen LogP contribution in [0.15, 0.2) is 35.4 Å². The Morgan fingerprint density at radius 1 is 1.48 bits per heavy atom. The molecule has 0 saturated carbocycles. The summed E-state index contributed by atoms with van der Waals surface area (Å²) >= 11 is 0. The number of carboxylic acid groups (broad SMARTS) is 1. The number of methoxy groups -OCH3 is 1. The van der Waals surface area contributed by atoms with Gasteiger partial charge in [0.15, 0.2) is 0 Å². The van der Waals surface area contributed by atoms with Crippen LogP contribution in [0.1, 0.15) is 25.8 Å². The van der Waals surface area contributed by atoms with Gasteiger partial charge in [-0.2, -0.15) is 5.10 Å². The molecule has 0 bridgehead atoms. The molecular weight excluding hydrogens is 268 g/mol. The quantitative estimate of drug-likeness (QED) is 0.872. The molecule has 2 unspecified atom stereocenters. The zero-order chi connectivity index (χ0) is 15.5. The van der Waals surface area contributed by atoms with Crippen molar-refractivity contribution >= 4 is 12.2 Å². The highest BCUT2D eigenvalue weighted by molar-refractivity contribution is 5.83. The van der Waals surface area contributed by atoms with Gasteiger partial charge >= 0.3 is 5.97 Å². The molecule has 0 aliphatic carbocycles. The van der Waals surface area contributed by atoms with Gasteiger partial charge in [-0.1, -0.05) is 30.3 Å². The number of benzene rings is 1. The van der Waals surface area contributed by atoms with E-state index in [1.54, 1.807) is 20.2 Å². The number of carbonyl (C=O) groups is 1. The summed E-state index contributed by atoms with van der Waals surface area (Å²) in [7, 11) is 1.61. The van der Waals surface area contributed by atoms with E-state index in [1.807, 2.05) is 42.3 Å². The Labute approximate surface area is 125 Å². The maximum Gasteiger partial charge on any atom is 0.313 e. The highest BCUT2D eigenvalue weighted by atomic mass is 16.5. The van der Waals surface area contributed by atoms with Crippen LogP contribution in [-0.4, -0.2) is 48.1 Å². The fourth-order valence-electron chi connectivity index (χ4n) is 2.77. The summed E-state index contributed by atoms with van der Waals surface area (Å²) < 4.78 is 5.64. The van der Waals surface area contributed by atoms with Gasteiger partial charge in [0.05, 0.1) is 18.2 Å². The molecule has 0 radical (unpaired) electrons. The van der Waals surface area contributed by atoms with Gasteiger partial charge in [-0.25, -0.2) is 0 Å². The van der Waals surface area contributed by atoms with E-state index in [0.717, 1.165) is 12.1 Å². The van der Waals surface area contributed by atoms with Crippen LogP contribution < -0.4 is 0 Å². The fourth-order valence-corrected chi connectivity index (χ4v) is 2.77. The molecule has 1 aliphatic rings. The van der Waals surface area contributed by atoms with Gasteiger partial charge in [0, 0.05) is 20.1 Å². The van der Waals surface area contributed by atoms with E-state index in [1.165, 1.54) is 0 Å². The number of carboxylic acids is 1. The molecule has 1 N–H and O–H groups in total. The van der Waals surface area contributed by atoms with Gasteiger partial charge in [-0.05, 0) is 19.4 Å². The summed E-state index contributed by atoms with van der Waals surface area (Å²) in [6, 6.07) is 9.30. The molecular formula is C16H22N2O3. The van der Waals surface area contributed by atoms with Crippen molar-refractivity contribution in [2.45, 2.75) is 31.3 Å². The third-order valence-corrected chi connectivity index (χ3v) is 4.21. The van der Waals surface area contributed by atoms with Crippen molar-refractivity contribution < 1.29 is 14.6 Å². The van der Waals surface area contributed by atoms with Crippen molar-refractivity contribution in [2.75, 3.05) is 20.2 Å². The lowest BCUT2D eigenvalue weighted by molar-refractivity contribution is -0.145. The predicted octanol–water partition coefficient (Wildman–Crippen LogP) is 2.13. The first-order valence-electron chi connectivity index (χ1n) is 7.10. The third-order valence-electron chi connectivity index (χ3n) is 4.21. The van der Waals surface area contributed by atoms with E-state index >= 15 is 0 Å². The normalized spacial score (nSPS) is 24.0. The monoisotopic (exact) mass is 290 g/mol. The Kier molecular flexibility index (Phi) is 4.32. The third kappa shape index (κ3) is 2.93. The Hall–Kier alpha value is -1.88. The van der Waals surface area contributed by atoms with E-state index in [9.17, 15) is 9.90 Å². The van der Waals surface area contributed by atoms with Crippen LogP contribution in [0, 0.1) is 0 Å². The van der Waals surface area contributed by atoms with Gasteiger partial charge in [0.2, 0.25) is 0 Å². The molecule has 5 heteroatoms. The largest absolute Gasteiger partial charge is 0.481 e. The number of hydrazone groups is 1. The van der Waals surface area contributed by atoms with E-state index < -0.39 is 17.0 Å². The van der Waals surface area contributed by atoms with Crippen molar-refractivity contribution in [1.29, 1.82) is 0 Å². The Bertz CT molecular complexity index is 532. The molecule has 5 nitrogen and oxygen atoms in total. The molecule has 1 heterocycles. The maximum atomic E-state index is 11.9. The average Bonchev–Trinajstić information content (AvgIpc) is 2.91. The van der Waals surface area contributed by atoms with Crippen molar-refractivity contribution in [2.24, 2.45) is 5.10 Å². The summed E-state index contributed by atoms with van der Waals surface area (Å²) in [5, 5.41) is 16.0. The smallest absolute Gasteiger partial charge is 0.313 e. The highest BCUT2D eigenvalue weighted by Gasteiger charge is 2.46. The topological polar surface area (TPSA) is 62.1 Å². The summed E-state index contributed by atoms with van der Waals surface area (Å²) in [4.78, 5) is 11.9. The molecule has 0 aromatic heterocycles. The Morgan fingerprint density at radius 3 is 2.62 bits per heavy atom. The summed E-state index contributed by atoms with van der Waals surface area (Å²) in [5.41, 5.74) is -0.913. The van der Waals surface area contributed by atoms with Crippen LogP contribution in [0.4, 0.5) is 0 Å². The van der Waals surface area contributed by atoms with Crippen LogP contribution >= 0.6 is 0 Å². The van der Waals surface area contributed by atoms with Crippen LogP contribution in [0.25, 0.3) is 0 Å². The van der Waals surface area contributed by atoms with E-state index in [0.29, 0.717) is 13.0 Å². The minimum Gasteiger partial charge on any atom is -0.481 e. The summed E-state index contributed by atoms with van der Waals surface area (Å²) in [5.74, 6) is -0.853. The van der Waals surface area contributed by atoms with Crippen molar-refractivity contribution in [3.05, 3.63) is 35.9 Å². The van der Waals surface area contributed by atoms with E-state index in [4.69, 9.17) is 4.74 Å². The van der Waals surface area contributed by atoms with Gasteiger partial charge in [-0.15, -0.1) is 0 Å². The second-order valence-electron chi connectivity index (χ2n) is 5.67. The van der Waals surface area contributed by atoms with Crippen LogP contribution in [0.5, 0.6) is 0 Å². The van der Waals surface area contributed by atoms with Crippen molar-refractivity contribution in [3.8, 4) is 0 Å². The Balaban J connectivity index is 2.33. The molecule has 1 aromatic carbocycles. The van der Waals surface area contributed by atoms with Crippen molar-refractivity contribution in [3.63, 3.8) is 0 Å². The highest BCUT2D eigenvalue weighted by Crippen LogP contribution is 2.36. The summed E-state index contributed by atoms with van der Waals surface area (Å²) in [6.07, 6.45) is 2.08. The van der Waals surface area contributed by atoms with Crippen LogP contribution in [0.2, 0.25) is 0 Å². The maximum absolute atomic E-state index is 11.9. The second-order valence-corrected chi connectivity index (χ2v) is 5.67. The first-order valence-corrected chi connectivity index (χ1v) is 7.10. The van der Waals surface area contributed by atoms with Crippen LogP contribution in [-0.2, 0) is 14.9 Å². The van der Waals surface area contributed by atoms with E-state index in [-0.39, 0.29) is 0 Å². The zero-order valence-corrected chi connectivity index (χ0v) is 12.7. The van der Waals surface area contributed by atoms with Crippen LogP contribution in [0.3, 0.4) is 0 Å². The average molecular weight is 290 g/mol. The number of rotatable bonds is 6. The molecule has 0 fully saturated rings. The summed E-state index contributed by atoms with van der Waals surface area (Å²) in [6.45, 7) is 5.11. The molecule has 2 atom stereocenters. The molecule has 2 rings (SSSR count). The van der Waals surface area contributed by atoms with Gasteiger partial charge in [0.1, 0.15) is 5.60 Å². The second kappa shape index (κ2) is 5.85. The van der Waals surface area contributed by atoms with E-state index in [2.05, 4.69) is 5.10 Å². The number of aliphatic carboxylic acids is 1. The lowest BCUT2D eigenvalue weighted by Crippen LogP contribution is -2.47. The molecule has 0 saturated heterocycles. The number of ether oxygens (including phenoxy) is 1. The lowest BCUT2D eigenvalue weighted by atomic mass is 9.74. The van der Waals surface area contributed by atoms with Gasteiger partial charge in [-0.3, -0.25) is 9.80 Å². The SMILES string of the molecule is CCN1CC(CC(C)(C(=O)O)c2ccccc2)(OC)C=N1. The van der Waals surface area contributed by atoms with Gasteiger partial charge < -0.3 is 9.84 Å². The molecule has 1 aromatic rings. The zero-order valence-electron chi connectivity index (χ0n) is 12.7. The lowest BCUT2D eigenvalue weighted by Gasteiger charge is -2.35. The Morgan fingerprint density at radius 2 is 2.14 bits per heavy atom. The first-order chi connectivity index (χ1) is 9.96.